The lowest BCUT2D eigenvalue weighted by molar-refractivity contribution is 0.108. The summed E-state index contributed by atoms with van der Waals surface area (Å²) < 4.78 is 5.69. The Kier molecular flexibility index (Phi) is 2.90. The van der Waals surface area contributed by atoms with Crippen molar-refractivity contribution in [2.75, 3.05) is 7.11 Å². The van der Waals surface area contributed by atoms with Crippen LogP contribution in [0.4, 0.5) is 0 Å². The quantitative estimate of drug-likeness (QED) is 0.406. The fourth-order valence-electron chi connectivity index (χ4n) is 10.2. The van der Waals surface area contributed by atoms with Crippen molar-refractivity contribution in [3.05, 3.63) is 65.7 Å². The van der Waals surface area contributed by atoms with E-state index in [4.69, 9.17) is 4.74 Å². The summed E-state index contributed by atoms with van der Waals surface area (Å²) in [5, 5.41) is 0. The minimum atomic E-state index is 0.226. The molecule has 8 unspecified atom stereocenters. The van der Waals surface area contributed by atoms with E-state index in [0.717, 1.165) is 59.0 Å². The Morgan fingerprint density at radius 2 is 1.47 bits per heavy atom. The van der Waals surface area contributed by atoms with E-state index in [1.54, 1.807) is 11.1 Å². The van der Waals surface area contributed by atoms with E-state index < -0.39 is 0 Å². The van der Waals surface area contributed by atoms with Crippen LogP contribution < -0.4 is 4.74 Å². The Hall–Kier alpha value is -2.02. The van der Waals surface area contributed by atoms with Crippen LogP contribution in [0.2, 0.25) is 0 Å². The van der Waals surface area contributed by atoms with E-state index in [0.29, 0.717) is 0 Å². The van der Waals surface area contributed by atoms with E-state index in [9.17, 15) is 0 Å². The predicted octanol–water partition coefficient (Wildman–Crippen LogP) is 6.32. The van der Waals surface area contributed by atoms with Crippen LogP contribution in [0.5, 0.6) is 5.75 Å². The Balaban J connectivity index is 1.27. The Morgan fingerprint density at radius 3 is 2.17 bits per heavy atom. The van der Waals surface area contributed by atoms with Crippen LogP contribution in [-0.4, -0.2) is 7.11 Å². The van der Waals surface area contributed by atoms with Crippen molar-refractivity contribution < 1.29 is 4.74 Å². The molecule has 0 heterocycles. The first kappa shape index (κ1) is 16.6. The standard InChI is InChI=1S/C29H30O/c1-15-17-9-10-18(15)28-22-12-21(27(17)28)23-13-29(14-24(22)23)25-6-4-3-5-19(25)20-8-7-16(30-2)11-26(20)29/h3-11,15,17-18,21-24,27-28H,12-14H2,1-2H3. The lowest BCUT2D eigenvalue weighted by atomic mass is 9.66. The predicted molar refractivity (Wildman–Crippen MR) is 119 cm³/mol. The van der Waals surface area contributed by atoms with Gasteiger partial charge in [0.05, 0.1) is 7.11 Å². The van der Waals surface area contributed by atoms with Crippen molar-refractivity contribution in [2.24, 2.45) is 53.3 Å². The Labute approximate surface area is 179 Å². The van der Waals surface area contributed by atoms with Crippen LogP contribution in [0.15, 0.2) is 54.6 Å². The first-order valence-electron chi connectivity index (χ1n) is 12.2. The number of allylic oxidation sites excluding steroid dienone is 2. The minimum absolute atomic E-state index is 0.226. The molecule has 4 saturated carbocycles. The fourth-order valence-corrected chi connectivity index (χ4v) is 10.2. The molecule has 0 radical (unpaired) electrons. The van der Waals surface area contributed by atoms with Crippen LogP contribution in [-0.2, 0) is 5.41 Å². The molecule has 6 aliphatic carbocycles. The van der Waals surface area contributed by atoms with Crippen molar-refractivity contribution in [2.45, 2.75) is 31.6 Å². The van der Waals surface area contributed by atoms with Gasteiger partial charge in [-0.05, 0) is 107 Å². The molecule has 0 amide bonds. The Morgan fingerprint density at radius 1 is 0.800 bits per heavy atom. The Bertz CT molecular complexity index is 1080. The van der Waals surface area contributed by atoms with Crippen molar-refractivity contribution in [1.82, 2.24) is 0 Å². The zero-order valence-corrected chi connectivity index (χ0v) is 17.9. The summed E-state index contributed by atoms with van der Waals surface area (Å²) in [6.45, 7) is 2.54. The van der Waals surface area contributed by atoms with E-state index >= 15 is 0 Å². The third-order valence-electron chi connectivity index (χ3n) is 10.9. The molecule has 1 nitrogen and oxygen atoms in total. The molecule has 2 aromatic rings. The summed E-state index contributed by atoms with van der Waals surface area (Å²) in [5.41, 5.74) is 6.36. The van der Waals surface area contributed by atoms with Crippen LogP contribution in [0, 0.1) is 53.3 Å². The highest BCUT2D eigenvalue weighted by molar-refractivity contribution is 5.82. The molecule has 30 heavy (non-hydrogen) atoms. The van der Waals surface area contributed by atoms with E-state index in [1.807, 2.05) is 7.11 Å². The van der Waals surface area contributed by atoms with E-state index in [1.165, 1.54) is 30.4 Å². The molecule has 4 bridgehead atoms. The zero-order valence-electron chi connectivity index (χ0n) is 17.9. The summed E-state index contributed by atoms with van der Waals surface area (Å²) in [4.78, 5) is 0. The first-order chi connectivity index (χ1) is 14.7. The van der Waals surface area contributed by atoms with Gasteiger partial charge in [-0.3, -0.25) is 0 Å². The van der Waals surface area contributed by atoms with Crippen LogP contribution in [0.25, 0.3) is 11.1 Å². The largest absolute Gasteiger partial charge is 0.497 e. The number of hydrogen-bond donors (Lipinski definition) is 0. The van der Waals surface area contributed by atoms with Crippen LogP contribution in [0.3, 0.4) is 0 Å². The maximum atomic E-state index is 5.69. The first-order valence-corrected chi connectivity index (χ1v) is 12.2. The van der Waals surface area contributed by atoms with Crippen LogP contribution in [0.1, 0.15) is 37.3 Å². The van der Waals surface area contributed by atoms with Gasteiger partial charge in [0.2, 0.25) is 0 Å². The highest BCUT2D eigenvalue weighted by Crippen LogP contribution is 2.76. The molecule has 0 N–H and O–H groups in total. The molecule has 0 aliphatic heterocycles. The van der Waals surface area contributed by atoms with Crippen molar-refractivity contribution >= 4 is 0 Å². The normalized spacial score (nSPS) is 47.6. The molecule has 1 spiro atoms. The maximum Gasteiger partial charge on any atom is 0.119 e. The zero-order chi connectivity index (χ0) is 19.8. The summed E-state index contributed by atoms with van der Waals surface area (Å²) >= 11 is 0. The summed E-state index contributed by atoms with van der Waals surface area (Å²) in [7, 11) is 1.81. The second-order valence-electron chi connectivity index (χ2n) is 11.4. The molecular weight excluding hydrogens is 364 g/mol. The van der Waals surface area contributed by atoms with Crippen molar-refractivity contribution in [3.63, 3.8) is 0 Å². The van der Waals surface area contributed by atoms with E-state index in [-0.39, 0.29) is 5.41 Å². The molecule has 1 heteroatoms. The highest BCUT2D eigenvalue weighted by atomic mass is 16.5. The van der Waals surface area contributed by atoms with Gasteiger partial charge in [0.25, 0.3) is 0 Å². The molecule has 8 atom stereocenters. The molecule has 6 aliphatic rings. The summed E-state index contributed by atoms with van der Waals surface area (Å²) in [6.07, 6.45) is 9.50. The lowest BCUT2D eigenvalue weighted by Gasteiger charge is -2.39. The molecule has 4 fully saturated rings. The SMILES string of the molecule is COc1ccc2c(c1)C1(CC3C(C1)C1CC3C3C4C=CC(C4C)C13)c1ccccc1-2. The molecule has 0 aromatic heterocycles. The lowest BCUT2D eigenvalue weighted by Crippen LogP contribution is -2.34. The van der Waals surface area contributed by atoms with E-state index in [2.05, 4.69) is 61.5 Å². The second-order valence-corrected chi connectivity index (χ2v) is 11.4. The average molecular weight is 395 g/mol. The fraction of sp³-hybridized carbons (Fsp3) is 0.517. The third kappa shape index (κ3) is 1.65. The van der Waals surface area contributed by atoms with Gasteiger partial charge < -0.3 is 4.74 Å². The van der Waals surface area contributed by atoms with Gasteiger partial charge in [0, 0.05) is 5.41 Å². The number of benzene rings is 2. The molecule has 0 saturated heterocycles. The number of ether oxygens (including phenoxy) is 1. The number of methoxy groups -OCH3 is 1. The van der Waals surface area contributed by atoms with Crippen molar-refractivity contribution in [1.29, 1.82) is 0 Å². The molecule has 2 aromatic carbocycles. The van der Waals surface area contributed by atoms with Gasteiger partial charge in [0.1, 0.15) is 5.75 Å². The summed E-state index contributed by atoms with van der Waals surface area (Å²) in [6, 6.07) is 16.2. The highest BCUT2D eigenvalue weighted by Gasteiger charge is 2.70. The van der Waals surface area contributed by atoms with Gasteiger partial charge in [-0.15, -0.1) is 0 Å². The minimum Gasteiger partial charge on any atom is -0.497 e. The molecular formula is C29H30O. The van der Waals surface area contributed by atoms with Gasteiger partial charge in [-0.1, -0.05) is 49.4 Å². The topological polar surface area (TPSA) is 9.23 Å². The van der Waals surface area contributed by atoms with Gasteiger partial charge in [0.15, 0.2) is 0 Å². The smallest absolute Gasteiger partial charge is 0.119 e. The third-order valence-corrected chi connectivity index (χ3v) is 10.9. The number of fused-ring (bicyclic) bond motifs is 17. The van der Waals surface area contributed by atoms with Crippen LogP contribution >= 0.6 is 0 Å². The maximum absolute atomic E-state index is 5.69. The summed E-state index contributed by atoms with van der Waals surface area (Å²) in [5.74, 6) is 9.52. The van der Waals surface area contributed by atoms with Crippen molar-refractivity contribution in [3.8, 4) is 16.9 Å². The van der Waals surface area contributed by atoms with Gasteiger partial charge in [-0.2, -0.15) is 0 Å². The number of rotatable bonds is 1. The monoisotopic (exact) mass is 394 g/mol. The van der Waals surface area contributed by atoms with Gasteiger partial charge in [-0.25, -0.2) is 0 Å². The molecule has 8 rings (SSSR count). The van der Waals surface area contributed by atoms with Gasteiger partial charge >= 0.3 is 0 Å². The number of hydrogen-bond acceptors (Lipinski definition) is 1. The average Bonchev–Trinajstić information content (AvgIpc) is 3.59. The second kappa shape index (κ2) is 5.23. The molecule has 152 valence electrons.